The van der Waals surface area contributed by atoms with Gasteiger partial charge < -0.3 is 4.90 Å². The highest BCUT2D eigenvalue weighted by Crippen LogP contribution is 2.22. The summed E-state index contributed by atoms with van der Waals surface area (Å²) in [6.45, 7) is 2.08. The first kappa shape index (κ1) is 11.1. The van der Waals surface area contributed by atoms with Gasteiger partial charge in [0.05, 0.1) is 4.47 Å². The molecule has 1 saturated heterocycles. The van der Waals surface area contributed by atoms with E-state index in [0.717, 1.165) is 23.5 Å². The number of anilines is 1. The lowest BCUT2D eigenvalue weighted by atomic mass is 10.2. The number of nitrogens with zero attached hydrogens (tertiary/aromatic N) is 3. The van der Waals surface area contributed by atoms with Gasteiger partial charge in [0.1, 0.15) is 5.15 Å². The van der Waals surface area contributed by atoms with Crippen molar-refractivity contribution >= 4 is 33.5 Å². The third kappa shape index (κ3) is 2.82. The van der Waals surface area contributed by atoms with Crippen molar-refractivity contribution in [3.8, 4) is 0 Å². The van der Waals surface area contributed by atoms with Crippen molar-refractivity contribution in [3.05, 3.63) is 15.8 Å². The quantitative estimate of drug-likeness (QED) is 0.743. The fourth-order valence-electron chi connectivity index (χ4n) is 1.76. The van der Waals surface area contributed by atoms with Crippen molar-refractivity contribution in [3.63, 3.8) is 0 Å². The highest BCUT2D eigenvalue weighted by Gasteiger charge is 2.13. The van der Waals surface area contributed by atoms with Gasteiger partial charge in [-0.25, -0.2) is 4.98 Å². The Morgan fingerprint density at radius 1 is 1.20 bits per heavy atom. The minimum atomic E-state index is 0.490. The van der Waals surface area contributed by atoms with E-state index in [4.69, 9.17) is 11.6 Å². The fourth-order valence-corrected chi connectivity index (χ4v) is 2.08. The van der Waals surface area contributed by atoms with Gasteiger partial charge in [0, 0.05) is 19.3 Å². The summed E-state index contributed by atoms with van der Waals surface area (Å²) in [7, 11) is 0. The van der Waals surface area contributed by atoms with Crippen LogP contribution in [0.15, 0.2) is 10.7 Å². The number of rotatable bonds is 1. The van der Waals surface area contributed by atoms with Crippen LogP contribution in [0.2, 0.25) is 5.15 Å². The van der Waals surface area contributed by atoms with Crippen LogP contribution in [0.5, 0.6) is 0 Å². The molecule has 0 aliphatic carbocycles. The molecule has 2 heterocycles. The van der Waals surface area contributed by atoms with Gasteiger partial charge >= 0.3 is 0 Å². The van der Waals surface area contributed by atoms with Crippen LogP contribution in [0, 0.1) is 0 Å². The maximum atomic E-state index is 5.95. The Labute approximate surface area is 103 Å². The summed E-state index contributed by atoms with van der Waals surface area (Å²) in [6, 6.07) is 0. The summed E-state index contributed by atoms with van der Waals surface area (Å²) in [4.78, 5) is 10.8. The third-order valence-electron chi connectivity index (χ3n) is 2.58. The molecule has 0 radical (unpaired) electrons. The van der Waals surface area contributed by atoms with E-state index in [0.29, 0.717) is 5.15 Å². The van der Waals surface area contributed by atoms with Gasteiger partial charge in [-0.2, -0.15) is 4.98 Å². The first-order valence-electron chi connectivity index (χ1n) is 5.20. The van der Waals surface area contributed by atoms with Gasteiger partial charge in [0.15, 0.2) is 0 Å². The molecule has 5 heteroatoms. The predicted octanol–water partition coefficient (Wildman–Crippen LogP) is 3.27. The molecular formula is C10H13BrClN3. The standard InChI is InChI=1S/C10H13BrClN3/c11-8-7-13-10(14-9(8)12)15-5-3-1-2-4-6-15/h7H,1-6H2. The highest BCUT2D eigenvalue weighted by molar-refractivity contribution is 9.10. The molecule has 0 saturated carbocycles. The fraction of sp³-hybridized carbons (Fsp3) is 0.600. The maximum absolute atomic E-state index is 5.95. The summed E-state index contributed by atoms with van der Waals surface area (Å²) in [6.07, 6.45) is 6.77. The van der Waals surface area contributed by atoms with E-state index in [1.54, 1.807) is 6.20 Å². The predicted molar refractivity (Wildman–Crippen MR) is 65.4 cm³/mol. The lowest BCUT2D eigenvalue weighted by molar-refractivity contribution is 0.726. The summed E-state index contributed by atoms with van der Waals surface area (Å²) in [5.74, 6) is 0.755. The third-order valence-corrected chi connectivity index (χ3v) is 3.67. The summed E-state index contributed by atoms with van der Waals surface area (Å²) < 4.78 is 0.753. The molecule has 0 spiro atoms. The molecule has 15 heavy (non-hydrogen) atoms. The lowest BCUT2D eigenvalue weighted by Crippen LogP contribution is -2.25. The van der Waals surface area contributed by atoms with Gasteiger partial charge in [0.25, 0.3) is 0 Å². The van der Waals surface area contributed by atoms with Crippen LogP contribution >= 0.6 is 27.5 Å². The summed E-state index contributed by atoms with van der Waals surface area (Å²) in [5.41, 5.74) is 0. The molecule has 1 aliphatic heterocycles. The first-order valence-corrected chi connectivity index (χ1v) is 6.37. The molecule has 0 aromatic carbocycles. The zero-order valence-corrected chi connectivity index (χ0v) is 10.8. The van der Waals surface area contributed by atoms with E-state index >= 15 is 0 Å². The van der Waals surface area contributed by atoms with E-state index in [1.165, 1.54) is 25.7 Å². The Bertz CT molecular complexity index is 337. The molecule has 2 rings (SSSR count). The molecule has 0 amide bonds. The van der Waals surface area contributed by atoms with Crippen molar-refractivity contribution < 1.29 is 0 Å². The van der Waals surface area contributed by atoms with E-state index in [-0.39, 0.29) is 0 Å². The molecule has 0 N–H and O–H groups in total. The topological polar surface area (TPSA) is 29.0 Å². The van der Waals surface area contributed by atoms with Gasteiger partial charge in [-0.1, -0.05) is 24.4 Å². The van der Waals surface area contributed by atoms with Crippen molar-refractivity contribution in [2.75, 3.05) is 18.0 Å². The van der Waals surface area contributed by atoms with Crippen LogP contribution in [-0.2, 0) is 0 Å². The van der Waals surface area contributed by atoms with Crippen LogP contribution < -0.4 is 4.90 Å². The van der Waals surface area contributed by atoms with E-state index in [9.17, 15) is 0 Å². The van der Waals surface area contributed by atoms with Crippen molar-refractivity contribution in [1.29, 1.82) is 0 Å². The second kappa shape index (κ2) is 5.12. The van der Waals surface area contributed by atoms with E-state index in [1.807, 2.05) is 0 Å². The van der Waals surface area contributed by atoms with E-state index < -0.39 is 0 Å². The first-order chi connectivity index (χ1) is 7.27. The second-order valence-corrected chi connectivity index (χ2v) is 4.92. The number of hydrogen-bond donors (Lipinski definition) is 0. The Morgan fingerprint density at radius 2 is 1.87 bits per heavy atom. The monoisotopic (exact) mass is 289 g/mol. The molecule has 82 valence electrons. The molecule has 1 aromatic heterocycles. The number of hydrogen-bond acceptors (Lipinski definition) is 3. The molecule has 0 bridgehead atoms. The molecule has 1 aliphatic rings. The largest absolute Gasteiger partial charge is 0.341 e. The van der Waals surface area contributed by atoms with Crippen LogP contribution in [-0.4, -0.2) is 23.1 Å². The Kier molecular flexibility index (Phi) is 3.81. The summed E-state index contributed by atoms with van der Waals surface area (Å²) >= 11 is 9.24. The zero-order valence-electron chi connectivity index (χ0n) is 8.42. The summed E-state index contributed by atoms with van der Waals surface area (Å²) in [5, 5.41) is 0.490. The van der Waals surface area contributed by atoms with Gasteiger partial charge in [0.2, 0.25) is 5.95 Å². The lowest BCUT2D eigenvalue weighted by Gasteiger charge is -2.19. The molecular weight excluding hydrogens is 277 g/mol. The molecule has 0 unspecified atom stereocenters. The minimum Gasteiger partial charge on any atom is -0.341 e. The Balaban J connectivity index is 2.16. The van der Waals surface area contributed by atoms with Crippen molar-refractivity contribution in [2.45, 2.75) is 25.7 Å². The average molecular weight is 291 g/mol. The number of aromatic nitrogens is 2. The molecule has 0 atom stereocenters. The Hall–Kier alpha value is -0.350. The van der Waals surface area contributed by atoms with E-state index in [2.05, 4.69) is 30.8 Å². The Morgan fingerprint density at radius 3 is 2.47 bits per heavy atom. The normalized spacial score (nSPS) is 17.6. The molecule has 3 nitrogen and oxygen atoms in total. The number of halogens is 2. The SMILES string of the molecule is Clc1nc(N2CCCCCC2)ncc1Br. The van der Waals surface area contributed by atoms with Crippen molar-refractivity contribution in [1.82, 2.24) is 9.97 Å². The van der Waals surface area contributed by atoms with Gasteiger partial charge in [-0.3, -0.25) is 0 Å². The minimum absolute atomic E-state index is 0.490. The maximum Gasteiger partial charge on any atom is 0.226 e. The molecule has 1 aromatic rings. The van der Waals surface area contributed by atoms with Crippen LogP contribution in [0.4, 0.5) is 5.95 Å². The van der Waals surface area contributed by atoms with Crippen LogP contribution in [0.25, 0.3) is 0 Å². The van der Waals surface area contributed by atoms with Gasteiger partial charge in [-0.15, -0.1) is 0 Å². The van der Waals surface area contributed by atoms with Crippen LogP contribution in [0.3, 0.4) is 0 Å². The van der Waals surface area contributed by atoms with Crippen LogP contribution in [0.1, 0.15) is 25.7 Å². The molecule has 1 fully saturated rings. The average Bonchev–Trinajstić information content (AvgIpc) is 2.50. The zero-order chi connectivity index (χ0) is 10.7. The van der Waals surface area contributed by atoms with Gasteiger partial charge in [-0.05, 0) is 28.8 Å². The highest BCUT2D eigenvalue weighted by atomic mass is 79.9. The second-order valence-electron chi connectivity index (χ2n) is 3.71. The smallest absolute Gasteiger partial charge is 0.226 e. The van der Waals surface area contributed by atoms with Crippen molar-refractivity contribution in [2.24, 2.45) is 0 Å².